The first-order chi connectivity index (χ1) is 18.9. The van der Waals surface area contributed by atoms with Gasteiger partial charge in [0.05, 0.1) is 17.9 Å². The number of hydrogen-bond acceptors (Lipinski definition) is 6. The third kappa shape index (κ3) is 5.55. The number of rotatable bonds is 9. The van der Waals surface area contributed by atoms with Crippen LogP contribution in [0.15, 0.2) is 97.1 Å². The van der Waals surface area contributed by atoms with Crippen molar-refractivity contribution in [2.24, 2.45) is 0 Å². The highest BCUT2D eigenvalue weighted by Crippen LogP contribution is 2.40. The Hall–Kier alpha value is -4.85. The molecule has 0 aliphatic carbocycles. The number of likely N-dealkylation sites (tertiary alicyclic amines) is 1. The van der Waals surface area contributed by atoms with Gasteiger partial charge in [-0.1, -0.05) is 36.4 Å². The number of carbonyl (C=O) groups is 2. The number of hydrogen-bond donors (Lipinski definition) is 2. The molecule has 8 nitrogen and oxygen atoms in total. The third-order valence-electron chi connectivity index (χ3n) is 6.91. The van der Waals surface area contributed by atoms with Gasteiger partial charge >= 0.3 is 0 Å². The molecular formula is C31H29N3O5. The van der Waals surface area contributed by atoms with Crippen LogP contribution < -0.4 is 4.74 Å². The fourth-order valence-corrected chi connectivity index (χ4v) is 4.75. The fraction of sp³-hybridized carbons (Fsp3) is 0.194. The molecule has 1 atom stereocenters. The van der Waals surface area contributed by atoms with Gasteiger partial charge < -0.3 is 24.4 Å². The summed E-state index contributed by atoms with van der Waals surface area (Å²) >= 11 is 0. The summed E-state index contributed by atoms with van der Waals surface area (Å²) < 4.78 is 7.81. The minimum atomic E-state index is -0.787. The van der Waals surface area contributed by atoms with Crippen molar-refractivity contribution in [3.05, 3.63) is 119 Å². The largest absolute Gasteiger partial charge is 0.508 e. The predicted octanol–water partition coefficient (Wildman–Crippen LogP) is 4.99. The van der Waals surface area contributed by atoms with Crippen molar-refractivity contribution >= 4 is 17.4 Å². The molecule has 0 saturated carbocycles. The quantitative estimate of drug-likeness (QED) is 0.182. The van der Waals surface area contributed by atoms with Crippen LogP contribution in [-0.4, -0.2) is 42.9 Å². The monoisotopic (exact) mass is 523 g/mol. The normalized spacial score (nSPS) is 16.5. The van der Waals surface area contributed by atoms with Crippen LogP contribution in [0, 0.1) is 6.92 Å². The SMILES string of the molecule is Cc1ccccc1COc1ccc(C(O)=C2C(=O)C(=O)N(CCCn3ccnc3)[C@@H]2c2ccc(O)cc2)cc1. The van der Waals surface area contributed by atoms with Crippen molar-refractivity contribution in [2.45, 2.75) is 32.5 Å². The molecule has 3 aromatic carbocycles. The number of Topliss-reactive ketones (excluding diaryl/α,β-unsaturated/α-hetero) is 1. The van der Waals surface area contributed by atoms with Crippen molar-refractivity contribution in [3.63, 3.8) is 0 Å². The smallest absolute Gasteiger partial charge is 0.295 e. The molecule has 0 unspecified atom stereocenters. The summed E-state index contributed by atoms with van der Waals surface area (Å²) in [5.74, 6) is -0.984. The lowest BCUT2D eigenvalue weighted by Gasteiger charge is -2.25. The average Bonchev–Trinajstić information content (AvgIpc) is 3.55. The number of imidazole rings is 1. The number of amides is 1. The van der Waals surface area contributed by atoms with E-state index in [0.29, 0.717) is 43.0 Å². The van der Waals surface area contributed by atoms with E-state index in [2.05, 4.69) is 4.98 Å². The number of carbonyl (C=O) groups excluding carboxylic acids is 2. The highest BCUT2D eigenvalue weighted by molar-refractivity contribution is 6.46. The van der Waals surface area contributed by atoms with Gasteiger partial charge in [-0.15, -0.1) is 0 Å². The summed E-state index contributed by atoms with van der Waals surface area (Å²) in [5, 5.41) is 21.1. The minimum absolute atomic E-state index is 0.0156. The molecule has 1 fully saturated rings. The molecule has 1 saturated heterocycles. The predicted molar refractivity (Wildman–Crippen MR) is 146 cm³/mol. The van der Waals surface area contributed by atoms with E-state index in [1.54, 1.807) is 48.9 Å². The van der Waals surface area contributed by atoms with Gasteiger partial charge in [-0.3, -0.25) is 9.59 Å². The van der Waals surface area contributed by atoms with Crippen LogP contribution in [0.25, 0.3) is 5.76 Å². The lowest BCUT2D eigenvalue weighted by molar-refractivity contribution is -0.139. The van der Waals surface area contributed by atoms with E-state index >= 15 is 0 Å². The van der Waals surface area contributed by atoms with E-state index < -0.39 is 17.7 Å². The van der Waals surface area contributed by atoms with Crippen LogP contribution in [0.2, 0.25) is 0 Å². The Bertz CT molecular complexity index is 1490. The van der Waals surface area contributed by atoms with Crippen LogP contribution in [0.5, 0.6) is 11.5 Å². The maximum Gasteiger partial charge on any atom is 0.295 e. The van der Waals surface area contributed by atoms with Crippen LogP contribution in [-0.2, 0) is 22.7 Å². The highest BCUT2D eigenvalue weighted by atomic mass is 16.5. The topological polar surface area (TPSA) is 105 Å². The van der Waals surface area contributed by atoms with E-state index in [1.807, 2.05) is 42.0 Å². The first-order valence-corrected chi connectivity index (χ1v) is 12.7. The van der Waals surface area contributed by atoms with E-state index in [9.17, 15) is 19.8 Å². The van der Waals surface area contributed by atoms with Gasteiger partial charge in [0.1, 0.15) is 23.9 Å². The van der Waals surface area contributed by atoms with Crippen molar-refractivity contribution in [2.75, 3.05) is 6.54 Å². The van der Waals surface area contributed by atoms with E-state index in [0.717, 1.165) is 11.1 Å². The number of phenols is 1. The van der Waals surface area contributed by atoms with Crippen LogP contribution in [0.4, 0.5) is 0 Å². The maximum atomic E-state index is 13.2. The number of aromatic nitrogens is 2. The summed E-state index contributed by atoms with van der Waals surface area (Å²) in [6, 6.07) is 20.3. The van der Waals surface area contributed by atoms with Gasteiger partial charge in [0.25, 0.3) is 11.7 Å². The van der Waals surface area contributed by atoms with E-state index in [-0.39, 0.29) is 17.1 Å². The fourth-order valence-electron chi connectivity index (χ4n) is 4.75. The Morgan fingerprint density at radius 1 is 0.974 bits per heavy atom. The molecule has 5 rings (SSSR count). The number of ether oxygens (including phenoxy) is 1. The van der Waals surface area contributed by atoms with Gasteiger partial charge in [0.15, 0.2) is 0 Å². The molecule has 4 aromatic rings. The zero-order valence-electron chi connectivity index (χ0n) is 21.5. The molecule has 8 heteroatoms. The molecule has 1 aliphatic heterocycles. The highest BCUT2D eigenvalue weighted by Gasteiger charge is 2.45. The molecule has 198 valence electrons. The second-order valence-electron chi connectivity index (χ2n) is 9.48. The number of aryl methyl sites for hydroxylation is 2. The molecule has 2 heterocycles. The zero-order chi connectivity index (χ0) is 27.4. The zero-order valence-corrected chi connectivity index (χ0v) is 21.5. The molecule has 1 aliphatic rings. The molecule has 0 spiro atoms. The number of benzene rings is 3. The van der Waals surface area contributed by atoms with E-state index in [1.165, 1.54) is 17.0 Å². The lowest BCUT2D eigenvalue weighted by Crippen LogP contribution is -2.31. The van der Waals surface area contributed by atoms with Crippen molar-refractivity contribution in [3.8, 4) is 11.5 Å². The lowest BCUT2D eigenvalue weighted by atomic mass is 9.95. The standard InChI is InChI=1S/C31H29N3O5/c1-21-5-2-3-6-24(21)19-39-26-13-9-23(10-14-26)29(36)27-28(22-7-11-25(35)12-8-22)34(31(38)30(27)37)17-4-16-33-18-15-32-20-33/h2-3,5-15,18,20,28,35-36H,4,16-17,19H2,1H3/t28-/m1/s1. The van der Waals surface area contributed by atoms with Crippen LogP contribution in [0.3, 0.4) is 0 Å². The summed E-state index contributed by atoms with van der Waals surface area (Å²) in [6.45, 7) is 3.35. The second-order valence-corrected chi connectivity index (χ2v) is 9.48. The molecule has 1 amide bonds. The number of ketones is 1. The van der Waals surface area contributed by atoms with Gasteiger partial charge in [-0.25, -0.2) is 4.98 Å². The molecule has 0 radical (unpaired) electrons. The molecule has 39 heavy (non-hydrogen) atoms. The summed E-state index contributed by atoms with van der Waals surface area (Å²) in [6.07, 6.45) is 5.80. The number of phenolic OH excluding ortho intramolecular Hbond substituents is 1. The first kappa shape index (κ1) is 25.8. The molecule has 2 N–H and O–H groups in total. The number of aliphatic hydroxyl groups excluding tert-OH is 1. The average molecular weight is 524 g/mol. The first-order valence-electron chi connectivity index (χ1n) is 12.7. The summed E-state index contributed by atoms with van der Waals surface area (Å²) in [7, 11) is 0. The molecular weight excluding hydrogens is 494 g/mol. The maximum absolute atomic E-state index is 13.2. The van der Waals surface area contributed by atoms with E-state index in [4.69, 9.17) is 4.74 Å². The van der Waals surface area contributed by atoms with Crippen molar-refractivity contribution in [1.82, 2.24) is 14.5 Å². The molecule has 1 aromatic heterocycles. The van der Waals surface area contributed by atoms with Gasteiger partial charge in [-0.2, -0.15) is 0 Å². The molecule has 0 bridgehead atoms. The van der Waals surface area contributed by atoms with Gasteiger partial charge in [-0.05, 0) is 66.4 Å². The Morgan fingerprint density at radius 3 is 2.41 bits per heavy atom. The van der Waals surface area contributed by atoms with Crippen molar-refractivity contribution < 1.29 is 24.5 Å². The Labute approximate surface area is 226 Å². The number of aliphatic hydroxyl groups is 1. The van der Waals surface area contributed by atoms with Crippen LogP contribution in [0.1, 0.15) is 34.7 Å². The number of nitrogens with zero attached hydrogens (tertiary/aromatic N) is 3. The third-order valence-corrected chi connectivity index (χ3v) is 6.91. The summed E-state index contributed by atoms with van der Waals surface area (Å²) in [5.41, 5.74) is 3.25. The Balaban J connectivity index is 1.41. The second kappa shape index (κ2) is 11.3. The Morgan fingerprint density at radius 2 is 1.72 bits per heavy atom. The van der Waals surface area contributed by atoms with Gasteiger partial charge in [0, 0.05) is 31.0 Å². The summed E-state index contributed by atoms with van der Waals surface area (Å²) in [4.78, 5) is 31.9. The van der Waals surface area contributed by atoms with Crippen LogP contribution >= 0.6 is 0 Å². The van der Waals surface area contributed by atoms with Crippen molar-refractivity contribution in [1.29, 1.82) is 0 Å². The minimum Gasteiger partial charge on any atom is -0.508 e. The Kier molecular flexibility index (Phi) is 7.45. The van der Waals surface area contributed by atoms with Gasteiger partial charge in [0.2, 0.25) is 0 Å². The number of aromatic hydroxyl groups is 1.